The number of nitrogens with zero attached hydrogens (tertiary/aromatic N) is 1. The van der Waals surface area contributed by atoms with E-state index in [-0.39, 0.29) is 6.03 Å². The van der Waals surface area contributed by atoms with Crippen molar-refractivity contribution in [3.05, 3.63) is 33.5 Å². The van der Waals surface area contributed by atoms with E-state index in [0.717, 1.165) is 12.1 Å². The molecule has 19 heavy (non-hydrogen) atoms. The molecule has 7 heteroatoms. The molecule has 0 radical (unpaired) electrons. The van der Waals surface area contributed by atoms with Crippen molar-refractivity contribution in [2.75, 3.05) is 19.0 Å². The number of carbonyl (C=O) groups excluding carboxylic acids is 1. The highest BCUT2D eigenvalue weighted by Crippen LogP contribution is 2.15. The summed E-state index contributed by atoms with van der Waals surface area (Å²) < 4.78 is 4.97. The van der Waals surface area contributed by atoms with E-state index < -0.39 is 0 Å². The molecule has 0 aliphatic heterocycles. The van der Waals surface area contributed by atoms with Gasteiger partial charge in [0.25, 0.3) is 0 Å². The van der Waals surface area contributed by atoms with Gasteiger partial charge >= 0.3 is 6.03 Å². The van der Waals surface area contributed by atoms with Crippen molar-refractivity contribution in [3.63, 3.8) is 0 Å². The van der Waals surface area contributed by atoms with E-state index in [4.69, 9.17) is 4.74 Å². The van der Waals surface area contributed by atoms with E-state index in [1.54, 1.807) is 18.4 Å². The molecule has 102 valence electrons. The number of thiazole rings is 1. The van der Waals surface area contributed by atoms with Crippen molar-refractivity contribution >= 4 is 33.8 Å². The second-order valence-electron chi connectivity index (χ2n) is 3.79. The fraction of sp³-hybridized carbons (Fsp3) is 0.333. The SMILES string of the molecule is COCc1csc(NC(=O)NCCc2cccs2)n1. The topological polar surface area (TPSA) is 63.2 Å². The van der Waals surface area contributed by atoms with E-state index in [1.165, 1.54) is 16.2 Å². The molecule has 2 N–H and O–H groups in total. The van der Waals surface area contributed by atoms with Gasteiger partial charge in [-0.3, -0.25) is 5.32 Å². The van der Waals surface area contributed by atoms with Crippen molar-refractivity contribution in [1.29, 1.82) is 0 Å². The monoisotopic (exact) mass is 297 g/mol. The Bertz CT molecular complexity index is 511. The number of nitrogens with one attached hydrogen (secondary N) is 2. The predicted octanol–water partition coefficient (Wildman–Crippen LogP) is 2.72. The smallest absolute Gasteiger partial charge is 0.321 e. The summed E-state index contributed by atoms with van der Waals surface area (Å²) in [6.07, 6.45) is 0.845. The van der Waals surface area contributed by atoms with Gasteiger partial charge in [-0.2, -0.15) is 0 Å². The molecular formula is C12H15N3O2S2. The normalized spacial score (nSPS) is 10.4. The Kier molecular flexibility index (Phi) is 5.31. The number of methoxy groups -OCH3 is 1. The van der Waals surface area contributed by atoms with Crippen LogP contribution in [0.25, 0.3) is 0 Å². The summed E-state index contributed by atoms with van der Waals surface area (Å²) in [7, 11) is 1.61. The number of hydrogen-bond acceptors (Lipinski definition) is 5. The van der Waals surface area contributed by atoms with Crippen LogP contribution in [0.15, 0.2) is 22.9 Å². The minimum absolute atomic E-state index is 0.227. The Morgan fingerprint density at radius 2 is 2.37 bits per heavy atom. The summed E-state index contributed by atoms with van der Waals surface area (Å²) in [6, 6.07) is 3.84. The molecule has 0 fully saturated rings. The molecular weight excluding hydrogens is 282 g/mol. The molecule has 2 amide bonds. The number of amides is 2. The summed E-state index contributed by atoms with van der Waals surface area (Å²) in [5.74, 6) is 0. The molecule has 0 saturated carbocycles. The zero-order valence-electron chi connectivity index (χ0n) is 10.5. The third-order valence-electron chi connectivity index (χ3n) is 2.30. The van der Waals surface area contributed by atoms with Gasteiger partial charge in [0.05, 0.1) is 12.3 Å². The van der Waals surface area contributed by atoms with Crippen LogP contribution in [0.5, 0.6) is 0 Å². The molecule has 0 atom stereocenters. The molecule has 0 aliphatic rings. The lowest BCUT2D eigenvalue weighted by Crippen LogP contribution is -2.30. The van der Waals surface area contributed by atoms with Gasteiger partial charge in [0.1, 0.15) is 0 Å². The summed E-state index contributed by atoms with van der Waals surface area (Å²) in [5, 5.41) is 9.99. The van der Waals surface area contributed by atoms with E-state index in [1.807, 2.05) is 16.8 Å². The third-order valence-corrected chi connectivity index (χ3v) is 4.04. The number of aromatic nitrogens is 1. The number of hydrogen-bond donors (Lipinski definition) is 2. The predicted molar refractivity (Wildman–Crippen MR) is 77.9 cm³/mol. The lowest BCUT2D eigenvalue weighted by Gasteiger charge is -2.04. The number of ether oxygens (including phenoxy) is 1. The number of anilines is 1. The van der Waals surface area contributed by atoms with Gasteiger partial charge in [-0.25, -0.2) is 9.78 Å². The lowest BCUT2D eigenvalue weighted by atomic mass is 10.3. The van der Waals surface area contributed by atoms with Crippen LogP contribution in [-0.2, 0) is 17.8 Å². The highest BCUT2D eigenvalue weighted by Gasteiger charge is 2.06. The van der Waals surface area contributed by atoms with Crippen molar-refractivity contribution < 1.29 is 9.53 Å². The fourth-order valence-corrected chi connectivity index (χ4v) is 2.87. The van der Waals surface area contributed by atoms with Gasteiger partial charge in [0, 0.05) is 23.9 Å². The summed E-state index contributed by atoms with van der Waals surface area (Å²) in [4.78, 5) is 17.1. The maximum atomic E-state index is 11.6. The highest BCUT2D eigenvalue weighted by molar-refractivity contribution is 7.13. The van der Waals surface area contributed by atoms with E-state index >= 15 is 0 Å². The van der Waals surface area contributed by atoms with E-state index in [0.29, 0.717) is 18.3 Å². The lowest BCUT2D eigenvalue weighted by molar-refractivity contribution is 0.182. The minimum atomic E-state index is -0.227. The molecule has 0 aliphatic carbocycles. The molecule has 0 unspecified atom stereocenters. The molecule has 2 aromatic rings. The van der Waals surface area contributed by atoms with Crippen LogP contribution in [0.2, 0.25) is 0 Å². The average molecular weight is 297 g/mol. The van der Waals surface area contributed by atoms with Crippen LogP contribution >= 0.6 is 22.7 Å². The average Bonchev–Trinajstić information content (AvgIpc) is 3.02. The largest absolute Gasteiger partial charge is 0.378 e. The van der Waals surface area contributed by atoms with Crippen LogP contribution < -0.4 is 10.6 Å². The number of thiophene rings is 1. The van der Waals surface area contributed by atoms with Gasteiger partial charge in [-0.15, -0.1) is 22.7 Å². The first-order valence-corrected chi connectivity index (χ1v) is 7.54. The van der Waals surface area contributed by atoms with Crippen LogP contribution in [0.3, 0.4) is 0 Å². The Morgan fingerprint density at radius 3 is 3.11 bits per heavy atom. The maximum absolute atomic E-state index is 11.6. The Balaban J connectivity index is 1.71. The first-order chi connectivity index (χ1) is 9.28. The van der Waals surface area contributed by atoms with Crippen LogP contribution in [0.1, 0.15) is 10.6 Å². The highest BCUT2D eigenvalue weighted by atomic mass is 32.1. The van der Waals surface area contributed by atoms with Crippen LogP contribution in [0.4, 0.5) is 9.93 Å². The van der Waals surface area contributed by atoms with Gasteiger partial charge < -0.3 is 10.1 Å². The molecule has 2 heterocycles. The number of urea groups is 1. The molecule has 0 spiro atoms. The second-order valence-corrected chi connectivity index (χ2v) is 5.68. The molecule has 0 saturated heterocycles. The molecule has 0 aromatic carbocycles. The molecule has 2 aromatic heterocycles. The first kappa shape index (κ1) is 14.0. The molecule has 5 nitrogen and oxygen atoms in total. The van der Waals surface area contributed by atoms with Crippen molar-refractivity contribution in [3.8, 4) is 0 Å². The zero-order chi connectivity index (χ0) is 13.5. The summed E-state index contributed by atoms with van der Waals surface area (Å²) in [5.41, 5.74) is 0.821. The van der Waals surface area contributed by atoms with Crippen molar-refractivity contribution in [1.82, 2.24) is 10.3 Å². The van der Waals surface area contributed by atoms with Crippen molar-refractivity contribution in [2.24, 2.45) is 0 Å². The van der Waals surface area contributed by atoms with Gasteiger partial charge in [0.2, 0.25) is 0 Å². The van der Waals surface area contributed by atoms with Gasteiger partial charge in [0.15, 0.2) is 5.13 Å². The zero-order valence-corrected chi connectivity index (χ0v) is 12.1. The number of rotatable bonds is 6. The first-order valence-electron chi connectivity index (χ1n) is 5.78. The van der Waals surface area contributed by atoms with Crippen molar-refractivity contribution in [2.45, 2.75) is 13.0 Å². The number of carbonyl (C=O) groups is 1. The quantitative estimate of drug-likeness (QED) is 0.861. The van der Waals surface area contributed by atoms with Gasteiger partial charge in [-0.1, -0.05) is 6.07 Å². The van der Waals surface area contributed by atoms with Crippen LogP contribution in [-0.4, -0.2) is 24.7 Å². The van der Waals surface area contributed by atoms with Gasteiger partial charge in [-0.05, 0) is 17.9 Å². The summed E-state index contributed by atoms with van der Waals surface area (Å²) >= 11 is 3.08. The Labute approximate surface area is 119 Å². The third kappa shape index (κ3) is 4.62. The van der Waals surface area contributed by atoms with E-state index in [2.05, 4.69) is 21.7 Å². The maximum Gasteiger partial charge on any atom is 0.321 e. The minimum Gasteiger partial charge on any atom is -0.378 e. The Hall–Kier alpha value is -1.44. The molecule has 2 rings (SSSR count). The summed E-state index contributed by atoms with van der Waals surface area (Å²) in [6.45, 7) is 1.07. The van der Waals surface area contributed by atoms with Crippen LogP contribution in [0, 0.1) is 0 Å². The second kappa shape index (κ2) is 7.22. The fourth-order valence-electron chi connectivity index (χ4n) is 1.47. The standard InChI is InChI=1S/C12H15N3O2S2/c1-17-7-9-8-19-12(14-9)15-11(16)13-5-4-10-3-2-6-18-10/h2-3,6,8H,4-5,7H2,1H3,(H2,13,14,15,16). The molecule has 0 bridgehead atoms. The van der Waals surface area contributed by atoms with E-state index in [9.17, 15) is 4.79 Å². The Morgan fingerprint density at radius 1 is 1.47 bits per heavy atom.